The third kappa shape index (κ3) is 6.75. The SMILES string of the molecule is COc1ccc(C[P+](c2ccccc2)(c2ccccc2)c2ccccc2)cc1.CS(=O)(=O)[O-]. The Labute approximate surface area is 197 Å². The molecule has 0 aliphatic heterocycles. The molecule has 0 heterocycles. The maximum Gasteiger partial charge on any atom is 0.118 e. The Hall–Kier alpha value is -2.98. The Balaban J connectivity index is 0.000000555. The van der Waals surface area contributed by atoms with Crippen LogP contribution in [0.1, 0.15) is 5.56 Å². The van der Waals surface area contributed by atoms with Gasteiger partial charge < -0.3 is 9.29 Å². The minimum atomic E-state index is -3.92. The van der Waals surface area contributed by atoms with Crippen LogP contribution in [0.2, 0.25) is 0 Å². The number of methoxy groups -OCH3 is 1. The van der Waals surface area contributed by atoms with Crippen molar-refractivity contribution in [1.82, 2.24) is 0 Å². The molecule has 4 aromatic rings. The topological polar surface area (TPSA) is 66.4 Å². The van der Waals surface area contributed by atoms with Crippen LogP contribution < -0.4 is 20.7 Å². The molecule has 4 nitrogen and oxygen atoms in total. The third-order valence-electron chi connectivity index (χ3n) is 5.17. The van der Waals surface area contributed by atoms with Crippen molar-refractivity contribution in [3.8, 4) is 5.75 Å². The Morgan fingerprint density at radius 2 is 1.00 bits per heavy atom. The highest BCUT2D eigenvalue weighted by atomic mass is 32.2. The largest absolute Gasteiger partial charge is 0.748 e. The summed E-state index contributed by atoms with van der Waals surface area (Å²) < 4.78 is 32.6. The lowest BCUT2D eigenvalue weighted by Crippen LogP contribution is -2.32. The van der Waals surface area contributed by atoms with E-state index < -0.39 is 17.4 Å². The molecule has 0 aliphatic carbocycles. The van der Waals surface area contributed by atoms with Gasteiger partial charge in [-0.1, -0.05) is 66.7 Å². The van der Waals surface area contributed by atoms with E-state index in [9.17, 15) is 0 Å². The Kier molecular flexibility index (Phi) is 8.40. The number of benzene rings is 4. The van der Waals surface area contributed by atoms with Crippen molar-refractivity contribution in [3.63, 3.8) is 0 Å². The van der Waals surface area contributed by atoms with E-state index in [0.717, 1.165) is 11.9 Å². The van der Waals surface area contributed by atoms with Crippen molar-refractivity contribution in [2.24, 2.45) is 0 Å². The molecule has 0 fully saturated rings. The minimum Gasteiger partial charge on any atom is -0.748 e. The molecule has 0 aliphatic rings. The van der Waals surface area contributed by atoms with Gasteiger partial charge in [-0.3, -0.25) is 0 Å². The van der Waals surface area contributed by atoms with Gasteiger partial charge in [-0.2, -0.15) is 0 Å². The molecule has 0 aromatic heterocycles. The zero-order valence-corrected chi connectivity index (χ0v) is 20.4. The molecule has 0 bridgehead atoms. The molecule has 0 radical (unpaired) electrons. The fraction of sp³-hybridized carbons (Fsp3) is 0.111. The maximum atomic E-state index is 9.08. The first-order valence-corrected chi connectivity index (χ1v) is 14.2. The van der Waals surface area contributed by atoms with E-state index in [1.165, 1.54) is 21.5 Å². The molecular weight excluding hydrogens is 451 g/mol. The molecule has 0 saturated heterocycles. The van der Waals surface area contributed by atoms with E-state index in [2.05, 4.69) is 115 Å². The second-order valence-electron chi connectivity index (χ2n) is 7.53. The summed E-state index contributed by atoms with van der Waals surface area (Å²) in [6.07, 6.45) is 1.59. The molecule has 0 saturated carbocycles. The summed E-state index contributed by atoms with van der Waals surface area (Å²) in [5.74, 6) is 0.895. The van der Waals surface area contributed by atoms with E-state index in [1.54, 1.807) is 7.11 Å². The van der Waals surface area contributed by atoms with E-state index in [-0.39, 0.29) is 0 Å². The summed E-state index contributed by atoms with van der Waals surface area (Å²) in [6, 6.07) is 41.5. The smallest absolute Gasteiger partial charge is 0.118 e. The van der Waals surface area contributed by atoms with E-state index in [0.29, 0.717) is 6.26 Å². The molecule has 0 spiro atoms. The van der Waals surface area contributed by atoms with Gasteiger partial charge in [-0.25, -0.2) is 8.42 Å². The number of hydrogen-bond acceptors (Lipinski definition) is 4. The van der Waals surface area contributed by atoms with Crippen molar-refractivity contribution < 1.29 is 17.7 Å². The van der Waals surface area contributed by atoms with E-state index in [4.69, 9.17) is 17.7 Å². The minimum absolute atomic E-state index is 0.604. The van der Waals surface area contributed by atoms with Crippen LogP contribution in [0.4, 0.5) is 0 Å². The molecule has 4 rings (SSSR count). The summed E-state index contributed by atoms with van der Waals surface area (Å²) in [5, 5.41) is 4.22. The molecular formula is C27H27O4PS. The first-order chi connectivity index (χ1) is 15.8. The van der Waals surface area contributed by atoms with Gasteiger partial charge in [0.25, 0.3) is 0 Å². The van der Waals surface area contributed by atoms with Crippen molar-refractivity contribution in [3.05, 3.63) is 121 Å². The molecule has 170 valence electrons. The van der Waals surface area contributed by atoms with Crippen LogP contribution in [-0.4, -0.2) is 26.3 Å². The first kappa shape index (κ1) is 24.7. The quantitative estimate of drug-likeness (QED) is 0.305. The zero-order chi connectivity index (χ0) is 23.7. The predicted molar refractivity (Wildman–Crippen MR) is 137 cm³/mol. The number of hydrogen-bond donors (Lipinski definition) is 0. The standard InChI is InChI=1S/C26H24OP.CH4O3S/c1-27-23-19-17-22(18-20-23)21-28(24-11-5-2-6-12-24,25-13-7-3-8-14-25)26-15-9-4-10-16-26;1-5(2,3)4/h2-20H,21H2,1H3;1H3,(H,2,3,4)/q+1;/p-1. The summed E-state index contributed by atoms with van der Waals surface area (Å²) >= 11 is 0. The molecule has 0 unspecified atom stereocenters. The highest BCUT2D eigenvalue weighted by molar-refractivity contribution is 7.95. The Morgan fingerprint density at radius 1 is 0.667 bits per heavy atom. The molecule has 4 aromatic carbocycles. The van der Waals surface area contributed by atoms with Crippen LogP contribution >= 0.6 is 7.26 Å². The average Bonchev–Trinajstić information content (AvgIpc) is 2.83. The first-order valence-electron chi connectivity index (χ1n) is 10.4. The Bertz CT molecular complexity index is 1120. The van der Waals surface area contributed by atoms with Gasteiger partial charge in [0.2, 0.25) is 0 Å². The second kappa shape index (κ2) is 11.2. The maximum absolute atomic E-state index is 9.08. The average molecular weight is 479 g/mol. The molecule has 0 amide bonds. The van der Waals surface area contributed by atoms with Crippen molar-refractivity contribution in [2.45, 2.75) is 6.16 Å². The van der Waals surface area contributed by atoms with Crippen molar-refractivity contribution in [1.29, 1.82) is 0 Å². The van der Waals surface area contributed by atoms with Crippen LogP contribution in [0.3, 0.4) is 0 Å². The van der Waals surface area contributed by atoms with Crippen LogP contribution in [-0.2, 0) is 16.3 Å². The lowest BCUT2D eigenvalue weighted by Gasteiger charge is -2.27. The van der Waals surface area contributed by atoms with Gasteiger partial charge in [-0.15, -0.1) is 0 Å². The van der Waals surface area contributed by atoms with E-state index in [1.807, 2.05) is 0 Å². The van der Waals surface area contributed by atoms with Crippen LogP contribution in [0.15, 0.2) is 115 Å². The lowest BCUT2D eigenvalue weighted by atomic mass is 10.2. The van der Waals surface area contributed by atoms with Gasteiger partial charge in [0, 0.05) is 6.26 Å². The molecule has 0 atom stereocenters. The second-order valence-corrected chi connectivity index (χ2v) is 12.4. The van der Waals surface area contributed by atoms with Gasteiger partial charge >= 0.3 is 0 Å². The summed E-state index contributed by atoms with van der Waals surface area (Å²) in [5.41, 5.74) is 1.32. The van der Waals surface area contributed by atoms with Crippen molar-refractivity contribution in [2.75, 3.05) is 13.4 Å². The van der Waals surface area contributed by atoms with Crippen LogP contribution in [0.5, 0.6) is 5.75 Å². The van der Waals surface area contributed by atoms with Gasteiger partial charge in [-0.05, 0) is 54.1 Å². The van der Waals surface area contributed by atoms with Gasteiger partial charge in [0.1, 0.15) is 28.9 Å². The van der Waals surface area contributed by atoms with Crippen molar-refractivity contribution >= 4 is 33.3 Å². The molecule has 0 N–H and O–H groups in total. The normalized spacial score (nSPS) is 11.2. The highest BCUT2D eigenvalue weighted by Gasteiger charge is 2.45. The molecule has 33 heavy (non-hydrogen) atoms. The predicted octanol–water partition coefficient (Wildman–Crippen LogP) is 4.35. The Morgan fingerprint density at radius 3 is 1.30 bits per heavy atom. The summed E-state index contributed by atoms with van der Waals surface area (Å²) in [7, 11) is -4.04. The fourth-order valence-electron chi connectivity index (χ4n) is 3.77. The summed E-state index contributed by atoms with van der Waals surface area (Å²) in [4.78, 5) is 0. The van der Waals surface area contributed by atoms with E-state index >= 15 is 0 Å². The van der Waals surface area contributed by atoms with Crippen LogP contribution in [0.25, 0.3) is 0 Å². The lowest BCUT2D eigenvalue weighted by molar-refractivity contribution is 0.414. The van der Waals surface area contributed by atoms with Gasteiger partial charge in [0.15, 0.2) is 0 Å². The van der Waals surface area contributed by atoms with Gasteiger partial charge in [0.05, 0.1) is 23.4 Å². The number of ether oxygens (including phenoxy) is 1. The highest BCUT2D eigenvalue weighted by Crippen LogP contribution is 2.58. The summed E-state index contributed by atoms with van der Waals surface area (Å²) in [6.45, 7) is 0. The number of rotatable bonds is 6. The van der Waals surface area contributed by atoms with Crippen LogP contribution in [0, 0.1) is 0 Å². The zero-order valence-electron chi connectivity index (χ0n) is 18.7. The monoisotopic (exact) mass is 478 g/mol. The molecule has 6 heteroatoms. The third-order valence-corrected chi connectivity index (χ3v) is 9.55. The fourth-order valence-corrected chi connectivity index (χ4v) is 8.02.